The number of halogens is 1. The van der Waals surface area contributed by atoms with Crippen molar-refractivity contribution in [3.8, 4) is 0 Å². The number of amides is 1. The van der Waals surface area contributed by atoms with E-state index >= 15 is 0 Å². The molecule has 0 aromatic heterocycles. The molecular formula is C15H19ClN2OS. The summed E-state index contributed by atoms with van der Waals surface area (Å²) in [6.45, 7) is 2.78. The molecule has 2 heterocycles. The summed E-state index contributed by atoms with van der Waals surface area (Å²) in [5, 5.41) is 4.70. The Bertz CT molecular complexity index is 487. The van der Waals surface area contributed by atoms with Crippen LogP contribution in [0.25, 0.3) is 0 Å². The van der Waals surface area contributed by atoms with Gasteiger partial charge in [-0.25, -0.2) is 0 Å². The number of hydrogen-bond donors (Lipinski definition) is 1. The van der Waals surface area contributed by atoms with E-state index in [0.29, 0.717) is 5.25 Å². The van der Waals surface area contributed by atoms with Crippen molar-refractivity contribution in [3.63, 3.8) is 0 Å². The first-order valence-corrected chi connectivity index (χ1v) is 8.51. The fourth-order valence-electron chi connectivity index (χ4n) is 2.90. The second kappa shape index (κ2) is 5.96. The Hall–Kier alpha value is -0.710. The van der Waals surface area contributed by atoms with Crippen LogP contribution in [0.3, 0.4) is 0 Å². The zero-order valence-corrected chi connectivity index (χ0v) is 13.1. The van der Waals surface area contributed by atoms with Crippen LogP contribution in [0.2, 0.25) is 5.02 Å². The number of thioether (sulfide) groups is 1. The maximum Gasteiger partial charge on any atom is 0.241 e. The molecule has 2 aliphatic rings. The lowest BCUT2D eigenvalue weighted by atomic mass is 10.1. The third-order valence-corrected chi connectivity index (χ3v) is 5.62. The van der Waals surface area contributed by atoms with E-state index < -0.39 is 0 Å². The smallest absolute Gasteiger partial charge is 0.241 e. The molecule has 0 radical (unpaired) electrons. The second-order valence-corrected chi connectivity index (χ2v) is 7.31. The van der Waals surface area contributed by atoms with Crippen LogP contribution in [0, 0.1) is 0 Å². The molecular weight excluding hydrogens is 292 g/mol. The highest BCUT2D eigenvalue weighted by molar-refractivity contribution is 8.00. The molecule has 3 atom stereocenters. The van der Waals surface area contributed by atoms with Gasteiger partial charge in [-0.15, -0.1) is 0 Å². The molecule has 0 bridgehead atoms. The lowest BCUT2D eigenvalue weighted by Gasteiger charge is -2.27. The zero-order valence-electron chi connectivity index (χ0n) is 11.5. The predicted molar refractivity (Wildman–Crippen MR) is 84.0 cm³/mol. The SMILES string of the molecule is CC1NC(c2ccc(Cl)cc2)N(CC2CCCS2)C1=O. The summed E-state index contributed by atoms with van der Waals surface area (Å²) in [7, 11) is 0. The first-order chi connectivity index (χ1) is 9.65. The molecule has 108 valence electrons. The van der Waals surface area contributed by atoms with Gasteiger partial charge in [-0.05, 0) is 43.2 Å². The van der Waals surface area contributed by atoms with Crippen LogP contribution in [0.1, 0.15) is 31.5 Å². The maximum absolute atomic E-state index is 12.4. The summed E-state index contributed by atoms with van der Waals surface area (Å²) >= 11 is 7.93. The van der Waals surface area contributed by atoms with Crippen molar-refractivity contribution in [1.29, 1.82) is 0 Å². The quantitative estimate of drug-likeness (QED) is 0.931. The van der Waals surface area contributed by atoms with Gasteiger partial charge in [0.1, 0.15) is 6.17 Å². The number of carbonyl (C=O) groups excluding carboxylic acids is 1. The first kappa shape index (κ1) is 14.2. The van der Waals surface area contributed by atoms with Crippen molar-refractivity contribution < 1.29 is 4.79 Å². The molecule has 1 N–H and O–H groups in total. The Kier molecular flexibility index (Phi) is 4.24. The van der Waals surface area contributed by atoms with Crippen LogP contribution >= 0.6 is 23.4 Å². The number of hydrogen-bond acceptors (Lipinski definition) is 3. The molecule has 5 heteroatoms. The summed E-state index contributed by atoms with van der Waals surface area (Å²) in [5.74, 6) is 1.43. The minimum absolute atomic E-state index is 0.0176. The molecule has 20 heavy (non-hydrogen) atoms. The minimum atomic E-state index is -0.109. The van der Waals surface area contributed by atoms with E-state index in [4.69, 9.17) is 11.6 Å². The Labute approximate surface area is 129 Å². The third kappa shape index (κ3) is 2.83. The monoisotopic (exact) mass is 310 g/mol. The number of benzene rings is 1. The van der Waals surface area contributed by atoms with Crippen LogP contribution in [0.5, 0.6) is 0 Å². The van der Waals surface area contributed by atoms with Crippen LogP contribution in [0.4, 0.5) is 0 Å². The average molecular weight is 311 g/mol. The molecule has 3 nitrogen and oxygen atoms in total. The van der Waals surface area contributed by atoms with Crippen molar-refractivity contribution >= 4 is 29.3 Å². The van der Waals surface area contributed by atoms with E-state index in [9.17, 15) is 4.79 Å². The molecule has 3 unspecified atom stereocenters. The van der Waals surface area contributed by atoms with E-state index in [1.165, 1.54) is 18.6 Å². The van der Waals surface area contributed by atoms with Crippen LogP contribution in [0.15, 0.2) is 24.3 Å². The molecule has 2 aliphatic heterocycles. The Morgan fingerprint density at radius 3 is 2.80 bits per heavy atom. The fourth-order valence-corrected chi connectivity index (χ4v) is 4.29. The largest absolute Gasteiger partial charge is 0.320 e. The average Bonchev–Trinajstić information content (AvgIpc) is 3.04. The van der Waals surface area contributed by atoms with Gasteiger partial charge in [-0.2, -0.15) is 11.8 Å². The summed E-state index contributed by atoms with van der Waals surface area (Å²) < 4.78 is 0. The molecule has 1 aromatic carbocycles. The van der Waals surface area contributed by atoms with E-state index in [1.807, 2.05) is 47.9 Å². The van der Waals surface area contributed by atoms with Crippen molar-refractivity contribution in [2.45, 2.75) is 37.2 Å². The number of carbonyl (C=O) groups is 1. The standard InChI is InChI=1S/C15H19ClN2OS/c1-10-15(19)18(9-13-3-2-8-20-13)14(17-10)11-4-6-12(16)7-5-11/h4-7,10,13-14,17H,2-3,8-9H2,1H3. The fraction of sp³-hybridized carbons (Fsp3) is 0.533. The van der Waals surface area contributed by atoms with Gasteiger partial charge >= 0.3 is 0 Å². The lowest BCUT2D eigenvalue weighted by molar-refractivity contribution is -0.129. The van der Waals surface area contributed by atoms with Gasteiger partial charge in [-0.3, -0.25) is 10.1 Å². The summed E-state index contributed by atoms with van der Waals surface area (Å²) in [6.07, 6.45) is 2.47. The predicted octanol–water partition coefficient (Wildman–Crippen LogP) is 3.05. The number of nitrogens with zero attached hydrogens (tertiary/aromatic N) is 1. The topological polar surface area (TPSA) is 32.3 Å². The first-order valence-electron chi connectivity index (χ1n) is 7.09. The van der Waals surface area contributed by atoms with Crippen molar-refractivity contribution in [1.82, 2.24) is 10.2 Å². The van der Waals surface area contributed by atoms with E-state index in [0.717, 1.165) is 17.1 Å². The number of rotatable bonds is 3. The van der Waals surface area contributed by atoms with Crippen LogP contribution < -0.4 is 5.32 Å². The van der Waals surface area contributed by atoms with Gasteiger partial charge in [-0.1, -0.05) is 23.7 Å². The molecule has 0 saturated carbocycles. The normalized spacial score (nSPS) is 30.2. The molecule has 2 fully saturated rings. The second-order valence-electron chi connectivity index (χ2n) is 5.47. The highest BCUT2D eigenvalue weighted by atomic mass is 35.5. The summed E-state index contributed by atoms with van der Waals surface area (Å²) in [6, 6.07) is 7.66. The van der Waals surface area contributed by atoms with Gasteiger partial charge in [0.2, 0.25) is 5.91 Å². The zero-order chi connectivity index (χ0) is 14.1. The summed E-state index contributed by atoms with van der Waals surface area (Å²) in [5.41, 5.74) is 1.11. The highest BCUT2D eigenvalue weighted by Crippen LogP contribution is 2.32. The van der Waals surface area contributed by atoms with Gasteiger partial charge in [0.05, 0.1) is 6.04 Å². The van der Waals surface area contributed by atoms with E-state index in [-0.39, 0.29) is 18.1 Å². The Balaban J connectivity index is 1.79. The van der Waals surface area contributed by atoms with Crippen molar-refractivity contribution in [2.75, 3.05) is 12.3 Å². The number of nitrogens with one attached hydrogen (secondary N) is 1. The van der Waals surface area contributed by atoms with Crippen LogP contribution in [-0.2, 0) is 4.79 Å². The molecule has 3 rings (SSSR count). The molecule has 1 amide bonds. The van der Waals surface area contributed by atoms with Gasteiger partial charge in [0.15, 0.2) is 0 Å². The Morgan fingerprint density at radius 2 is 2.15 bits per heavy atom. The van der Waals surface area contributed by atoms with Gasteiger partial charge in [0, 0.05) is 16.8 Å². The van der Waals surface area contributed by atoms with Crippen molar-refractivity contribution in [2.24, 2.45) is 0 Å². The highest BCUT2D eigenvalue weighted by Gasteiger charge is 2.38. The van der Waals surface area contributed by atoms with E-state index in [1.54, 1.807) is 0 Å². The molecule has 1 aromatic rings. The molecule has 2 saturated heterocycles. The molecule has 0 aliphatic carbocycles. The molecule has 0 spiro atoms. The minimum Gasteiger partial charge on any atom is -0.320 e. The van der Waals surface area contributed by atoms with Crippen LogP contribution in [-0.4, -0.2) is 34.4 Å². The lowest BCUT2D eigenvalue weighted by Crippen LogP contribution is -2.35. The van der Waals surface area contributed by atoms with Crippen molar-refractivity contribution in [3.05, 3.63) is 34.9 Å². The maximum atomic E-state index is 12.4. The summed E-state index contributed by atoms with van der Waals surface area (Å²) in [4.78, 5) is 14.4. The van der Waals surface area contributed by atoms with E-state index in [2.05, 4.69) is 5.32 Å². The third-order valence-electron chi connectivity index (χ3n) is 3.98. The van der Waals surface area contributed by atoms with Gasteiger partial charge < -0.3 is 4.90 Å². The van der Waals surface area contributed by atoms with Gasteiger partial charge in [0.25, 0.3) is 0 Å². The Morgan fingerprint density at radius 1 is 1.40 bits per heavy atom.